The first-order chi connectivity index (χ1) is 13.7. The number of nitrogens with zero attached hydrogens (tertiary/aromatic N) is 1. The van der Waals surface area contributed by atoms with Gasteiger partial charge in [0, 0.05) is 13.1 Å². The minimum absolute atomic E-state index is 0.0471. The van der Waals surface area contributed by atoms with Crippen LogP contribution in [0.1, 0.15) is 18.9 Å². The van der Waals surface area contributed by atoms with Crippen LogP contribution in [0.15, 0.2) is 53.4 Å². The fourth-order valence-corrected chi connectivity index (χ4v) is 4.28. The highest BCUT2D eigenvalue weighted by Gasteiger charge is 2.22. The van der Waals surface area contributed by atoms with Crippen molar-refractivity contribution in [1.29, 1.82) is 0 Å². The molecule has 0 saturated heterocycles. The summed E-state index contributed by atoms with van der Waals surface area (Å²) >= 11 is 11.7. The van der Waals surface area contributed by atoms with Crippen LogP contribution in [-0.4, -0.2) is 45.4 Å². The van der Waals surface area contributed by atoms with Crippen molar-refractivity contribution in [2.75, 3.05) is 20.1 Å². The molecule has 0 aliphatic heterocycles. The van der Waals surface area contributed by atoms with Gasteiger partial charge < -0.3 is 10.2 Å². The zero-order chi connectivity index (χ0) is 21.4. The first-order valence-corrected chi connectivity index (χ1v) is 11.4. The van der Waals surface area contributed by atoms with E-state index in [1.54, 1.807) is 0 Å². The summed E-state index contributed by atoms with van der Waals surface area (Å²) in [6.07, 6.45) is 0.751. The third-order valence-corrected chi connectivity index (χ3v) is 6.52. The molecule has 0 saturated carbocycles. The molecule has 0 spiro atoms. The van der Waals surface area contributed by atoms with Crippen LogP contribution in [0.3, 0.4) is 0 Å². The molecular weight excluding hydrogens is 433 g/mol. The van der Waals surface area contributed by atoms with Gasteiger partial charge in [-0.1, -0.05) is 53.5 Å². The molecule has 0 bridgehead atoms. The third kappa shape index (κ3) is 7.60. The van der Waals surface area contributed by atoms with Crippen LogP contribution in [-0.2, 0) is 21.4 Å². The van der Waals surface area contributed by atoms with Crippen molar-refractivity contribution in [1.82, 2.24) is 14.9 Å². The van der Waals surface area contributed by atoms with Crippen LogP contribution in [0.2, 0.25) is 10.0 Å². The quantitative estimate of drug-likeness (QED) is 0.536. The maximum atomic E-state index is 12.4. The minimum atomic E-state index is -3.88. The van der Waals surface area contributed by atoms with E-state index in [2.05, 4.69) is 27.1 Å². The first kappa shape index (κ1) is 23.6. The minimum Gasteiger partial charge on any atom is -0.355 e. The molecule has 9 heteroatoms. The average molecular weight is 458 g/mol. The van der Waals surface area contributed by atoms with E-state index in [1.165, 1.54) is 30.7 Å². The summed E-state index contributed by atoms with van der Waals surface area (Å²) in [5, 5.41) is 3.15. The van der Waals surface area contributed by atoms with Gasteiger partial charge in [0.25, 0.3) is 0 Å². The maximum absolute atomic E-state index is 12.4. The number of benzene rings is 2. The Morgan fingerprint density at radius 3 is 2.45 bits per heavy atom. The predicted octanol–water partition coefficient (Wildman–Crippen LogP) is 3.30. The molecule has 0 aromatic heterocycles. The summed E-state index contributed by atoms with van der Waals surface area (Å²) in [6, 6.07) is 13.2. The second kappa shape index (κ2) is 10.9. The van der Waals surface area contributed by atoms with Crippen molar-refractivity contribution in [3.63, 3.8) is 0 Å². The standard InChI is InChI=1S/C20H25Cl2N3O3S/c1-15(24-29(27,28)17-9-10-18(21)19(22)13-17)20(26)23-11-6-12-25(2)14-16-7-4-3-5-8-16/h3-5,7-10,13,15,24H,6,11-12,14H2,1-2H3,(H,23,26). The molecule has 1 amide bonds. The molecule has 1 atom stereocenters. The Morgan fingerprint density at radius 2 is 1.79 bits per heavy atom. The molecule has 0 aliphatic carbocycles. The molecular formula is C20H25Cl2N3O3S. The molecule has 2 N–H and O–H groups in total. The molecule has 158 valence electrons. The molecule has 0 heterocycles. The molecule has 0 fully saturated rings. The first-order valence-electron chi connectivity index (χ1n) is 9.16. The van der Waals surface area contributed by atoms with E-state index in [4.69, 9.17) is 23.2 Å². The number of nitrogens with one attached hydrogen (secondary N) is 2. The molecule has 29 heavy (non-hydrogen) atoms. The van der Waals surface area contributed by atoms with Crippen LogP contribution in [0.25, 0.3) is 0 Å². The number of carbonyl (C=O) groups is 1. The molecule has 0 aliphatic rings. The highest BCUT2D eigenvalue weighted by Crippen LogP contribution is 2.24. The van der Waals surface area contributed by atoms with Crippen LogP contribution in [0.4, 0.5) is 0 Å². The Hall–Kier alpha value is -1.64. The smallest absolute Gasteiger partial charge is 0.241 e. The molecule has 1 unspecified atom stereocenters. The lowest BCUT2D eigenvalue weighted by molar-refractivity contribution is -0.122. The molecule has 2 rings (SSSR count). The third-order valence-electron chi connectivity index (χ3n) is 4.24. The molecule has 2 aromatic carbocycles. The zero-order valence-corrected chi connectivity index (χ0v) is 18.7. The van der Waals surface area contributed by atoms with Crippen molar-refractivity contribution in [2.45, 2.75) is 30.8 Å². The van der Waals surface area contributed by atoms with Gasteiger partial charge in [-0.3, -0.25) is 4.79 Å². The van der Waals surface area contributed by atoms with E-state index in [0.717, 1.165) is 19.5 Å². The van der Waals surface area contributed by atoms with Gasteiger partial charge >= 0.3 is 0 Å². The summed E-state index contributed by atoms with van der Waals surface area (Å²) in [5.41, 5.74) is 1.23. The Bertz CT molecular complexity index is 924. The van der Waals surface area contributed by atoms with Gasteiger partial charge in [-0.15, -0.1) is 0 Å². The van der Waals surface area contributed by atoms with Crippen LogP contribution in [0.5, 0.6) is 0 Å². The number of hydrogen-bond donors (Lipinski definition) is 2. The summed E-state index contributed by atoms with van der Waals surface area (Å²) in [6.45, 7) is 3.58. The molecule has 0 radical (unpaired) electrons. The van der Waals surface area contributed by atoms with Gasteiger partial charge in [0.1, 0.15) is 0 Å². The van der Waals surface area contributed by atoms with Gasteiger partial charge in [-0.25, -0.2) is 8.42 Å². The van der Waals surface area contributed by atoms with Crippen LogP contribution >= 0.6 is 23.2 Å². The lowest BCUT2D eigenvalue weighted by Crippen LogP contribution is -2.45. The van der Waals surface area contributed by atoms with Gasteiger partial charge in [0.2, 0.25) is 15.9 Å². The lowest BCUT2D eigenvalue weighted by Gasteiger charge is -2.18. The summed E-state index contributed by atoms with van der Waals surface area (Å²) in [5.74, 6) is -0.389. The lowest BCUT2D eigenvalue weighted by atomic mass is 10.2. The maximum Gasteiger partial charge on any atom is 0.241 e. The second-order valence-corrected chi connectivity index (χ2v) is 9.32. The Labute approximate surface area is 182 Å². The van der Waals surface area contributed by atoms with E-state index in [1.807, 2.05) is 25.2 Å². The van der Waals surface area contributed by atoms with Crippen molar-refractivity contribution in [3.05, 3.63) is 64.1 Å². The van der Waals surface area contributed by atoms with Gasteiger partial charge in [0.15, 0.2) is 0 Å². The van der Waals surface area contributed by atoms with E-state index in [0.29, 0.717) is 6.54 Å². The van der Waals surface area contributed by atoms with Crippen LogP contribution < -0.4 is 10.0 Å². The van der Waals surface area contributed by atoms with Crippen molar-refractivity contribution in [3.8, 4) is 0 Å². The predicted molar refractivity (Wildman–Crippen MR) is 117 cm³/mol. The van der Waals surface area contributed by atoms with Crippen LogP contribution in [0, 0.1) is 0 Å². The number of sulfonamides is 1. The largest absolute Gasteiger partial charge is 0.355 e. The number of amides is 1. The van der Waals surface area contributed by atoms with Gasteiger partial charge in [-0.2, -0.15) is 4.72 Å². The monoisotopic (exact) mass is 457 g/mol. The van der Waals surface area contributed by atoms with E-state index >= 15 is 0 Å². The highest BCUT2D eigenvalue weighted by atomic mass is 35.5. The number of carbonyl (C=O) groups excluding carboxylic acids is 1. The molecule has 6 nitrogen and oxygen atoms in total. The number of rotatable bonds is 10. The van der Waals surface area contributed by atoms with Crippen molar-refractivity contribution < 1.29 is 13.2 Å². The van der Waals surface area contributed by atoms with Crippen molar-refractivity contribution >= 4 is 39.1 Å². The normalized spacial score (nSPS) is 12.7. The van der Waals surface area contributed by atoms with Gasteiger partial charge in [-0.05, 0) is 50.7 Å². The zero-order valence-electron chi connectivity index (χ0n) is 16.4. The Balaban J connectivity index is 1.76. The fraction of sp³-hybridized carbons (Fsp3) is 0.350. The number of halogens is 2. The van der Waals surface area contributed by atoms with E-state index in [-0.39, 0.29) is 20.8 Å². The Morgan fingerprint density at radius 1 is 1.10 bits per heavy atom. The van der Waals surface area contributed by atoms with Crippen molar-refractivity contribution in [2.24, 2.45) is 0 Å². The Kier molecular flexibility index (Phi) is 8.92. The van der Waals surface area contributed by atoms with E-state index < -0.39 is 16.1 Å². The van der Waals surface area contributed by atoms with E-state index in [9.17, 15) is 13.2 Å². The summed E-state index contributed by atoms with van der Waals surface area (Å²) in [4.78, 5) is 14.3. The topological polar surface area (TPSA) is 78.5 Å². The average Bonchev–Trinajstić information content (AvgIpc) is 2.67. The van der Waals surface area contributed by atoms with Gasteiger partial charge in [0.05, 0.1) is 21.0 Å². The summed E-state index contributed by atoms with van der Waals surface area (Å²) < 4.78 is 27.2. The highest BCUT2D eigenvalue weighted by molar-refractivity contribution is 7.89. The SMILES string of the molecule is CC(NS(=O)(=O)c1ccc(Cl)c(Cl)c1)C(=O)NCCCN(C)Cc1ccccc1. The number of hydrogen-bond acceptors (Lipinski definition) is 4. The molecule has 2 aromatic rings. The fourth-order valence-electron chi connectivity index (χ4n) is 2.69. The summed E-state index contributed by atoms with van der Waals surface area (Å²) in [7, 11) is -1.87. The second-order valence-electron chi connectivity index (χ2n) is 6.79.